The van der Waals surface area contributed by atoms with E-state index in [1.807, 2.05) is 43.0 Å². The van der Waals surface area contributed by atoms with Gasteiger partial charge in [-0.1, -0.05) is 47.5 Å². The van der Waals surface area contributed by atoms with Gasteiger partial charge in [0, 0.05) is 16.9 Å². The van der Waals surface area contributed by atoms with Crippen molar-refractivity contribution in [2.75, 3.05) is 4.90 Å². The smallest absolute Gasteiger partial charge is 0.279 e. The van der Waals surface area contributed by atoms with E-state index in [0.717, 1.165) is 22.5 Å². The van der Waals surface area contributed by atoms with Crippen LogP contribution in [0.4, 0.5) is 5.69 Å². The topological polar surface area (TPSA) is 49.0 Å². The number of fused-ring (bicyclic) bond motifs is 1. The fraction of sp³-hybridized carbons (Fsp3) is 0.200. The van der Waals surface area contributed by atoms with Gasteiger partial charge in [-0.2, -0.15) is 5.10 Å². The highest BCUT2D eigenvalue weighted by Gasteiger charge is 2.42. The molecule has 1 N–H and O–H groups in total. The standard InChI is InChI=1S/C20H19N3O/c1-12-4-8-15(9-5-12)19-17-14(3)21-22-18(17)20(24)23(19)16-10-6-13(2)7-11-16/h4-11,19H,1-3H3,(H,21,22)/t19-/m0/s1. The first-order valence-corrected chi connectivity index (χ1v) is 8.08. The Bertz CT molecular complexity index is 907. The summed E-state index contributed by atoms with van der Waals surface area (Å²) in [6.07, 6.45) is 0. The molecular weight excluding hydrogens is 298 g/mol. The maximum Gasteiger partial charge on any atom is 0.279 e. The van der Waals surface area contributed by atoms with Crippen LogP contribution in [0.2, 0.25) is 0 Å². The molecule has 120 valence electrons. The fourth-order valence-electron chi connectivity index (χ4n) is 3.33. The van der Waals surface area contributed by atoms with Gasteiger partial charge in [0.25, 0.3) is 5.91 Å². The number of rotatable bonds is 2. The van der Waals surface area contributed by atoms with Crippen LogP contribution < -0.4 is 4.90 Å². The van der Waals surface area contributed by atoms with E-state index in [9.17, 15) is 4.79 Å². The van der Waals surface area contributed by atoms with Gasteiger partial charge in [0.1, 0.15) is 0 Å². The summed E-state index contributed by atoms with van der Waals surface area (Å²) in [7, 11) is 0. The van der Waals surface area contributed by atoms with E-state index in [4.69, 9.17) is 0 Å². The molecule has 0 saturated heterocycles. The van der Waals surface area contributed by atoms with E-state index < -0.39 is 0 Å². The van der Waals surface area contributed by atoms with E-state index in [-0.39, 0.29) is 11.9 Å². The molecule has 4 nitrogen and oxygen atoms in total. The maximum atomic E-state index is 13.0. The number of benzene rings is 2. The Labute approximate surface area is 141 Å². The molecule has 3 aromatic rings. The molecule has 0 fully saturated rings. The Morgan fingerprint density at radius 1 is 0.917 bits per heavy atom. The molecule has 0 radical (unpaired) electrons. The van der Waals surface area contributed by atoms with Crippen molar-refractivity contribution in [2.45, 2.75) is 26.8 Å². The minimum Gasteiger partial charge on any atom is -0.295 e. The van der Waals surface area contributed by atoms with Crippen LogP contribution in [0.3, 0.4) is 0 Å². The lowest BCUT2D eigenvalue weighted by atomic mass is 9.98. The van der Waals surface area contributed by atoms with E-state index in [0.29, 0.717) is 5.69 Å². The molecule has 2 aromatic carbocycles. The van der Waals surface area contributed by atoms with Gasteiger partial charge in [-0.3, -0.25) is 14.8 Å². The predicted molar refractivity (Wildman–Crippen MR) is 94.3 cm³/mol. The van der Waals surface area contributed by atoms with E-state index >= 15 is 0 Å². The first-order valence-electron chi connectivity index (χ1n) is 8.08. The molecule has 1 aliphatic rings. The zero-order valence-corrected chi connectivity index (χ0v) is 14.0. The number of aryl methyl sites for hydroxylation is 3. The number of carbonyl (C=O) groups is 1. The van der Waals surface area contributed by atoms with Gasteiger partial charge >= 0.3 is 0 Å². The summed E-state index contributed by atoms with van der Waals surface area (Å²) < 4.78 is 0. The number of hydrogen-bond donors (Lipinski definition) is 1. The highest BCUT2D eigenvalue weighted by atomic mass is 16.2. The number of aromatic amines is 1. The van der Waals surface area contributed by atoms with Crippen LogP contribution in [0.1, 0.15) is 44.5 Å². The number of hydrogen-bond acceptors (Lipinski definition) is 2. The number of carbonyl (C=O) groups excluding carboxylic acids is 1. The molecule has 1 aliphatic heterocycles. The van der Waals surface area contributed by atoms with Gasteiger partial charge in [0.2, 0.25) is 0 Å². The molecule has 24 heavy (non-hydrogen) atoms. The highest BCUT2D eigenvalue weighted by molar-refractivity contribution is 6.10. The lowest BCUT2D eigenvalue weighted by molar-refractivity contribution is 0.0988. The second-order valence-electron chi connectivity index (χ2n) is 6.43. The van der Waals surface area contributed by atoms with E-state index in [2.05, 4.69) is 41.4 Å². The Morgan fingerprint density at radius 3 is 2.12 bits per heavy atom. The number of H-pyrrole nitrogens is 1. The minimum atomic E-state index is -0.144. The molecule has 1 aromatic heterocycles. The predicted octanol–water partition coefficient (Wildman–Crippen LogP) is 4.08. The van der Waals surface area contributed by atoms with Crippen LogP contribution in [-0.4, -0.2) is 16.1 Å². The largest absolute Gasteiger partial charge is 0.295 e. The Morgan fingerprint density at radius 2 is 1.50 bits per heavy atom. The molecule has 0 saturated carbocycles. The van der Waals surface area contributed by atoms with Gasteiger partial charge in [0.05, 0.1) is 6.04 Å². The van der Waals surface area contributed by atoms with Crippen molar-refractivity contribution < 1.29 is 4.79 Å². The molecule has 4 heteroatoms. The fourth-order valence-corrected chi connectivity index (χ4v) is 3.33. The van der Waals surface area contributed by atoms with Crippen molar-refractivity contribution in [3.8, 4) is 0 Å². The third-order valence-electron chi connectivity index (χ3n) is 4.65. The molecule has 0 bridgehead atoms. The third kappa shape index (κ3) is 2.14. The summed E-state index contributed by atoms with van der Waals surface area (Å²) in [5, 5.41) is 7.21. The zero-order valence-electron chi connectivity index (χ0n) is 14.0. The second-order valence-corrected chi connectivity index (χ2v) is 6.43. The Kier molecular flexibility index (Phi) is 3.27. The zero-order chi connectivity index (χ0) is 16.8. The monoisotopic (exact) mass is 317 g/mol. The number of nitrogens with one attached hydrogen (secondary N) is 1. The summed E-state index contributed by atoms with van der Waals surface area (Å²) in [5.41, 5.74) is 6.81. The maximum absolute atomic E-state index is 13.0. The summed E-state index contributed by atoms with van der Waals surface area (Å²) in [6, 6.07) is 16.3. The molecule has 0 unspecified atom stereocenters. The third-order valence-corrected chi connectivity index (χ3v) is 4.65. The van der Waals surface area contributed by atoms with Crippen LogP contribution in [0.5, 0.6) is 0 Å². The summed E-state index contributed by atoms with van der Waals surface area (Å²) in [4.78, 5) is 14.8. The average molecular weight is 317 g/mol. The Hall–Kier alpha value is -2.88. The summed E-state index contributed by atoms with van der Waals surface area (Å²) >= 11 is 0. The van der Waals surface area contributed by atoms with Gasteiger partial charge < -0.3 is 0 Å². The number of anilines is 1. The first-order chi connectivity index (χ1) is 11.6. The van der Waals surface area contributed by atoms with Crippen LogP contribution in [0.25, 0.3) is 0 Å². The summed E-state index contributed by atoms with van der Waals surface area (Å²) in [5.74, 6) is -0.0521. The van der Waals surface area contributed by atoms with Crippen molar-refractivity contribution in [1.29, 1.82) is 0 Å². The Balaban J connectivity index is 1.89. The number of aromatic nitrogens is 2. The van der Waals surface area contributed by atoms with Gasteiger partial charge in [0.15, 0.2) is 5.69 Å². The molecule has 1 atom stereocenters. The average Bonchev–Trinajstić information content (AvgIpc) is 3.09. The van der Waals surface area contributed by atoms with Crippen LogP contribution in [0, 0.1) is 20.8 Å². The molecule has 2 heterocycles. The SMILES string of the molecule is Cc1ccc([C@H]2c3c(n[nH]c3C)C(=O)N2c2ccc(C)cc2)cc1. The molecule has 0 aliphatic carbocycles. The van der Waals surface area contributed by atoms with Gasteiger partial charge in [-0.05, 0) is 38.5 Å². The highest BCUT2D eigenvalue weighted by Crippen LogP contribution is 2.42. The first kappa shape index (κ1) is 14.7. The van der Waals surface area contributed by atoms with Crippen molar-refractivity contribution in [2.24, 2.45) is 0 Å². The summed E-state index contributed by atoms with van der Waals surface area (Å²) in [6.45, 7) is 6.08. The van der Waals surface area contributed by atoms with E-state index in [1.54, 1.807) is 0 Å². The molecule has 1 amide bonds. The second kappa shape index (κ2) is 5.34. The van der Waals surface area contributed by atoms with Crippen molar-refractivity contribution in [1.82, 2.24) is 10.2 Å². The van der Waals surface area contributed by atoms with Crippen LogP contribution in [-0.2, 0) is 0 Å². The normalized spacial score (nSPS) is 16.5. The van der Waals surface area contributed by atoms with Crippen molar-refractivity contribution in [3.05, 3.63) is 82.2 Å². The van der Waals surface area contributed by atoms with Crippen molar-refractivity contribution >= 4 is 11.6 Å². The molecule has 0 spiro atoms. The van der Waals surface area contributed by atoms with Crippen LogP contribution in [0.15, 0.2) is 48.5 Å². The van der Waals surface area contributed by atoms with Gasteiger partial charge in [-0.15, -0.1) is 0 Å². The van der Waals surface area contributed by atoms with E-state index in [1.165, 1.54) is 11.1 Å². The van der Waals surface area contributed by atoms with Gasteiger partial charge in [-0.25, -0.2) is 0 Å². The number of nitrogens with zero attached hydrogens (tertiary/aromatic N) is 2. The lowest BCUT2D eigenvalue weighted by Crippen LogP contribution is -2.29. The number of amides is 1. The molecule has 4 rings (SSSR count). The van der Waals surface area contributed by atoms with Crippen LogP contribution >= 0.6 is 0 Å². The van der Waals surface area contributed by atoms with Crippen molar-refractivity contribution in [3.63, 3.8) is 0 Å². The minimum absolute atomic E-state index is 0.0521. The lowest BCUT2D eigenvalue weighted by Gasteiger charge is -2.26. The molecular formula is C20H19N3O. The quantitative estimate of drug-likeness (QED) is 0.774.